The van der Waals surface area contributed by atoms with Crippen LogP contribution in [0, 0.1) is 12.8 Å². The van der Waals surface area contributed by atoms with Gasteiger partial charge in [-0.3, -0.25) is 4.79 Å². The number of ether oxygens (including phenoxy) is 1. The van der Waals surface area contributed by atoms with Crippen LogP contribution in [0.4, 0.5) is 0 Å². The van der Waals surface area contributed by atoms with Crippen molar-refractivity contribution in [3.63, 3.8) is 0 Å². The lowest BCUT2D eigenvalue weighted by molar-refractivity contribution is -0.113. The van der Waals surface area contributed by atoms with E-state index in [1.54, 1.807) is 0 Å². The highest BCUT2D eigenvalue weighted by atomic mass is 32.2. The van der Waals surface area contributed by atoms with Gasteiger partial charge >= 0.3 is 0 Å². The Balaban J connectivity index is 1.07. The summed E-state index contributed by atoms with van der Waals surface area (Å²) in [5.74, 6) is 1.26. The largest absolute Gasteiger partial charge is 0.489 e. The number of amides is 1. The molecule has 0 radical (unpaired) electrons. The summed E-state index contributed by atoms with van der Waals surface area (Å²) in [5, 5.41) is 5.77. The van der Waals surface area contributed by atoms with E-state index in [-0.39, 0.29) is 5.91 Å². The highest BCUT2D eigenvalue weighted by Crippen LogP contribution is 2.35. The van der Waals surface area contributed by atoms with Gasteiger partial charge in [-0.05, 0) is 97.5 Å². The fraction of sp³-hybridized carbons (Fsp3) is 0.205. The number of para-hydroxylation sites is 1. The molecule has 0 spiro atoms. The number of hydrogen-bond acceptors (Lipinski definition) is 5. The lowest BCUT2D eigenvalue weighted by Gasteiger charge is -2.32. The smallest absolute Gasteiger partial charge is 0.286 e. The first-order chi connectivity index (χ1) is 22.6. The molecule has 7 rings (SSSR count). The molecule has 0 unspecified atom stereocenters. The standard InChI is InChI=1S/C39H36N4O2S/c1-28-12-14-31(15-13-28)27-45-35-18-16-32(17-19-35)37-33(26-43(41-37)34-10-6-3-7-11-34)25-36-38(44)40-39(46-36)42-22-20-30(21-23-42)24-29-8-4-2-5-9-29/h2-19,25-26,30H,20-24,27H2,1H3/b36-25-. The van der Waals surface area contributed by atoms with Crippen LogP contribution in [0.25, 0.3) is 23.0 Å². The number of aromatic nitrogens is 2. The number of nitrogens with zero attached hydrogens (tertiary/aromatic N) is 4. The van der Waals surface area contributed by atoms with Gasteiger partial charge in [0.05, 0.1) is 16.3 Å². The van der Waals surface area contributed by atoms with Crippen molar-refractivity contribution in [2.75, 3.05) is 13.1 Å². The van der Waals surface area contributed by atoms with E-state index < -0.39 is 0 Å². The Morgan fingerprint density at radius 1 is 0.848 bits per heavy atom. The predicted molar refractivity (Wildman–Crippen MR) is 187 cm³/mol. The molecule has 0 aliphatic carbocycles. The molecule has 4 aromatic carbocycles. The summed E-state index contributed by atoms with van der Waals surface area (Å²) in [7, 11) is 0. The summed E-state index contributed by atoms with van der Waals surface area (Å²) in [4.78, 5) is 20.5. The van der Waals surface area contributed by atoms with Crippen molar-refractivity contribution in [2.45, 2.75) is 32.8 Å². The third-order valence-corrected chi connectivity index (χ3v) is 9.61. The van der Waals surface area contributed by atoms with E-state index in [1.165, 1.54) is 22.9 Å². The summed E-state index contributed by atoms with van der Waals surface area (Å²) < 4.78 is 7.92. The number of aliphatic imine (C=N–C) groups is 1. The lowest BCUT2D eigenvalue weighted by atomic mass is 9.90. The maximum atomic E-state index is 13.2. The number of carbonyl (C=O) groups is 1. The predicted octanol–water partition coefficient (Wildman–Crippen LogP) is 8.35. The Morgan fingerprint density at radius 3 is 2.26 bits per heavy atom. The quantitative estimate of drug-likeness (QED) is 0.162. The number of carbonyl (C=O) groups excluding carboxylic acids is 1. The van der Waals surface area contributed by atoms with Crippen molar-refractivity contribution in [2.24, 2.45) is 10.9 Å². The van der Waals surface area contributed by atoms with E-state index in [4.69, 9.17) is 9.84 Å². The van der Waals surface area contributed by atoms with Gasteiger partial charge in [-0.15, -0.1) is 0 Å². The summed E-state index contributed by atoms with van der Waals surface area (Å²) in [5.41, 5.74) is 7.31. The maximum absolute atomic E-state index is 13.2. The van der Waals surface area contributed by atoms with Gasteiger partial charge < -0.3 is 9.64 Å². The van der Waals surface area contributed by atoms with Gasteiger partial charge in [0, 0.05) is 30.4 Å². The number of piperidine rings is 1. The molecule has 0 bridgehead atoms. The Kier molecular flexibility index (Phi) is 8.83. The molecule has 2 aliphatic rings. The van der Waals surface area contributed by atoms with Crippen molar-refractivity contribution in [3.8, 4) is 22.7 Å². The van der Waals surface area contributed by atoms with Crippen LogP contribution in [-0.4, -0.2) is 38.8 Å². The van der Waals surface area contributed by atoms with Gasteiger partial charge in [0.1, 0.15) is 12.4 Å². The topological polar surface area (TPSA) is 59.7 Å². The molecule has 1 saturated heterocycles. The minimum atomic E-state index is -0.190. The number of rotatable bonds is 8. The molecule has 2 aliphatic heterocycles. The summed E-state index contributed by atoms with van der Waals surface area (Å²) in [6.45, 7) is 4.42. The first kappa shape index (κ1) is 29.8. The molecule has 7 heteroatoms. The van der Waals surface area contributed by atoms with Crippen LogP contribution in [0.1, 0.15) is 35.1 Å². The van der Waals surface area contributed by atoms with Crippen LogP contribution in [-0.2, 0) is 17.8 Å². The molecule has 1 fully saturated rings. The van der Waals surface area contributed by atoms with Crippen LogP contribution < -0.4 is 4.74 Å². The fourth-order valence-corrected chi connectivity index (χ4v) is 6.90. The van der Waals surface area contributed by atoms with Gasteiger partial charge in [0.25, 0.3) is 5.91 Å². The Morgan fingerprint density at radius 2 is 1.54 bits per heavy atom. The van der Waals surface area contributed by atoms with E-state index in [9.17, 15) is 4.79 Å². The van der Waals surface area contributed by atoms with Crippen LogP contribution in [0.2, 0.25) is 0 Å². The molecule has 0 N–H and O–H groups in total. The second-order valence-corrected chi connectivity index (χ2v) is 13.0. The van der Waals surface area contributed by atoms with Crippen molar-refractivity contribution >= 4 is 28.9 Å². The number of likely N-dealkylation sites (tertiary alicyclic amines) is 1. The van der Waals surface area contributed by atoms with E-state index >= 15 is 0 Å². The Labute approximate surface area is 274 Å². The minimum Gasteiger partial charge on any atom is -0.489 e. The average molecular weight is 625 g/mol. The lowest BCUT2D eigenvalue weighted by Crippen LogP contribution is -2.37. The van der Waals surface area contributed by atoms with Gasteiger partial charge in [-0.2, -0.15) is 10.1 Å². The van der Waals surface area contributed by atoms with Gasteiger partial charge in [-0.25, -0.2) is 4.68 Å². The second kappa shape index (κ2) is 13.6. The third-order valence-electron chi connectivity index (χ3n) is 8.57. The number of thioether (sulfide) groups is 1. The molecule has 5 aromatic rings. The summed E-state index contributed by atoms with van der Waals surface area (Å²) >= 11 is 1.47. The van der Waals surface area contributed by atoms with Crippen molar-refractivity contribution in [3.05, 3.63) is 143 Å². The fourth-order valence-electron chi connectivity index (χ4n) is 5.94. The van der Waals surface area contributed by atoms with E-state index in [2.05, 4.69) is 71.4 Å². The van der Waals surface area contributed by atoms with Crippen LogP contribution in [0.5, 0.6) is 5.75 Å². The molecule has 46 heavy (non-hydrogen) atoms. The maximum Gasteiger partial charge on any atom is 0.286 e. The molecule has 1 amide bonds. The Bertz CT molecular complexity index is 1860. The van der Waals surface area contributed by atoms with Gasteiger partial charge in [0.15, 0.2) is 5.17 Å². The minimum absolute atomic E-state index is 0.190. The first-order valence-electron chi connectivity index (χ1n) is 15.8. The number of hydrogen-bond donors (Lipinski definition) is 0. The number of benzene rings is 4. The number of amidine groups is 1. The van der Waals surface area contributed by atoms with Crippen molar-refractivity contribution in [1.29, 1.82) is 0 Å². The van der Waals surface area contributed by atoms with Gasteiger partial charge in [-0.1, -0.05) is 78.4 Å². The summed E-state index contributed by atoms with van der Waals surface area (Å²) in [6.07, 6.45) is 7.23. The zero-order valence-electron chi connectivity index (χ0n) is 25.9. The van der Waals surface area contributed by atoms with E-state index in [0.29, 0.717) is 17.4 Å². The number of aryl methyl sites for hydroxylation is 1. The third kappa shape index (κ3) is 7.00. The molecule has 0 saturated carbocycles. The van der Waals surface area contributed by atoms with Crippen LogP contribution in [0.15, 0.2) is 125 Å². The first-order valence-corrected chi connectivity index (χ1v) is 16.6. The molecule has 230 valence electrons. The summed E-state index contributed by atoms with van der Waals surface area (Å²) in [6, 6.07) is 37.1. The highest BCUT2D eigenvalue weighted by Gasteiger charge is 2.29. The molecule has 6 nitrogen and oxygen atoms in total. The SMILES string of the molecule is Cc1ccc(COc2ccc(-c3nn(-c4ccccc4)cc3/C=C3\SC(N4CCC(Cc5ccccc5)CC4)=NC3=O)cc2)cc1. The highest BCUT2D eigenvalue weighted by molar-refractivity contribution is 8.18. The molecular formula is C39H36N4O2S. The average Bonchev–Trinajstić information content (AvgIpc) is 3.69. The van der Waals surface area contributed by atoms with Crippen LogP contribution >= 0.6 is 11.8 Å². The molecule has 0 atom stereocenters. The molecular weight excluding hydrogens is 589 g/mol. The van der Waals surface area contributed by atoms with Crippen LogP contribution in [0.3, 0.4) is 0 Å². The zero-order chi connectivity index (χ0) is 31.3. The molecule has 3 heterocycles. The van der Waals surface area contributed by atoms with E-state index in [0.717, 1.165) is 71.3 Å². The normalized spacial score (nSPS) is 16.2. The van der Waals surface area contributed by atoms with Crippen molar-refractivity contribution < 1.29 is 9.53 Å². The molecule has 1 aromatic heterocycles. The van der Waals surface area contributed by atoms with E-state index in [1.807, 2.05) is 71.6 Å². The zero-order valence-corrected chi connectivity index (χ0v) is 26.7. The van der Waals surface area contributed by atoms with Gasteiger partial charge in [0.2, 0.25) is 0 Å². The van der Waals surface area contributed by atoms with Crippen molar-refractivity contribution in [1.82, 2.24) is 14.7 Å². The Hall–Kier alpha value is -4.88. The monoisotopic (exact) mass is 624 g/mol. The second-order valence-electron chi connectivity index (χ2n) is 11.9.